The zero-order chi connectivity index (χ0) is 15.0. The van der Waals surface area contributed by atoms with Crippen LogP contribution in [-0.2, 0) is 0 Å². The first-order chi connectivity index (χ1) is 10.1. The average Bonchev–Trinajstić information content (AvgIpc) is 2.80. The molecule has 1 aromatic heterocycles. The predicted octanol–water partition coefficient (Wildman–Crippen LogP) is 5.05. The topological polar surface area (TPSA) is 54.7 Å². The molecule has 0 amide bonds. The van der Waals surface area contributed by atoms with E-state index >= 15 is 0 Å². The number of rotatable bonds is 2. The second-order valence-corrected chi connectivity index (χ2v) is 6.18. The maximum Gasteiger partial charge on any atom is 0.153 e. The van der Waals surface area contributed by atoms with Gasteiger partial charge in [-0.1, -0.05) is 45.7 Å². The zero-order valence-electron chi connectivity index (χ0n) is 11.3. The van der Waals surface area contributed by atoms with E-state index in [-0.39, 0.29) is 0 Å². The monoisotopic (exact) mass is 361 g/mol. The number of hydrogen-bond acceptors (Lipinski definition) is 2. The van der Waals surface area contributed by atoms with Crippen LogP contribution in [0, 0.1) is 6.92 Å². The summed E-state index contributed by atoms with van der Waals surface area (Å²) in [5.74, 6) is 0.467. The Morgan fingerprint density at radius 2 is 2.00 bits per heavy atom. The van der Waals surface area contributed by atoms with E-state index in [1.165, 1.54) is 0 Å². The molecule has 3 nitrogen and oxygen atoms in total. The van der Waals surface area contributed by atoms with Gasteiger partial charge >= 0.3 is 0 Å². The third-order valence-corrected chi connectivity index (χ3v) is 4.09. The van der Waals surface area contributed by atoms with Gasteiger partial charge in [-0.15, -0.1) is 0 Å². The summed E-state index contributed by atoms with van der Waals surface area (Å²) < 4.78 is 1.04. The van der Waals surface area contributed by atoms with E-state index in [2.05, 4.69) is 39.1 Å². The van der Waals surface area contributed by atoms with Crippen molar-refractivity contribution in [2.75, 3.05) is 5.73 Å². The van der Waals surface area contributed by atoms with Crippen LogP contribution in [0.15, 0.2) is 46.9 Å². The van der Waals surface area contributed by atoms with Crippen LogP contribution in [0.4, 0.5) is 5.82 Å². The van der Waals surface area contributed by atoms with E-state index in [4.69, 9.17) is 17.3 Å². The molecule has 3 aromatic rings. The van der Waals surface area contributed by atoms with Crippen molar-refractivity contribution in [3.63, 3.8) is 0 Å². The molecule has 0 radical (unpaired) electrons. The highest BCUT2D eigenvalue weighted by atomic mass is 79.9. The molecular weight excluding hydrogens is 350 g/mol. The summed E-state index contributed by atoms with van der Waals surface area (Å²) in [6.07, 6.45) is 0. The van der Waals surface area contributed by atoms with Crippen LogP contribution in [0.2, 0.25) is 5.02 Å². The summed E-state index contributed by atoms with van der Waals surface area (Å²) in [6, 6.07) is 13.7. The van der Waals surface area contributed by atoms with E-state index in [0.29, 0.717) is 10.8 Å². The molecule has 0 aliphatic carbocycles. The van der Waals surface area contributed by atoms with Crippen molar-refractivity contribution in [1.82, 2.24) is 10.2 Å². The van der Waals surface area contributed by atoms with E-state index in [1.807, 2.05) is 36.4 Å². The molecular formula is C16H13BrClN3. The molecule has 3 rings (SSSR count). The lowest BCUT2D eigenvalue weighted by Gasteiger charge is -2.08. The van der Waals surface area contributed by atoms with E-state index in [1.54, 1.807) is 0 Å². The number of benzene rings is 2. The molecule has 2 aromatic carbocycles. The summed E-state index contributed by atoms with van der Waals surface area (Å²) in [4.78, 5) is 0. The van der Waals surface area contributed by atoms with Crippen LogP contribution >= 0.6 is 27.5 Å². The first-order valence-electron chi connectivity index (χ1n) is 6.42. The van der Waals surface area contributed by atoms with Gasteiger partial charge < -0.3 is 5.73 Å². The third kappa shape index (κ3) is 2.69. The Bertz CT molecular complexity index is 811. The fourth-order valence-corrected chi connectivity index (χ4v) is 3.06. The van der Waals surface area contributed by atoms with Crippen LogP contribution in [-0.4, -0.2) is 10.2 Å². The Morgan fingerprint density at radius 1 is 1.19 bits per heavy atom. The smallest absolute Gasteiger partial charge is 0.153 e. The second-order valence-electron chi connectivity index (χ2n) is 4.83. The van der Waals surface area contributed by atoms with Gasteiger partial charge in [-0.3, -0.25) is 5.10 Å². The Morgan fingerprint density at radius 3 is 2.71 bits per heavy atom. The number of aromatic nitrogens is 2. The highest BCUT2D eigenvalue weighted by Gasteiger charge is 2.16. The number of anilines is 1. The van der Waals surface area contributed by atoms with Gasteiger partial charge in [0.2, 0.25) is 0 Å². The fourth-order valence-electron chi connectivity index (χ4n) is 2.39. The lowest BCUT2D eigenvalue weighted by Crippen LogP contribution is -1.90. The summed E-state index contributed by atoms with van der Waals surface area (Å²) in [7, 11) is 0. The maximum absolute atomic E-state index is 6.09. The Kier molecular flexibility index (Phi) is 3.74. The summed E-state index contributed by atoms with van der Waals surface area (Å²) >= 11 is 9.57. The van der Waals surface area contributed by atoms with Crippen LogP contribution in [0.25, 0.3) is 22.4 Å². The molecule has 0 saturated heterocycles. The lowest BCUT2D eigenvalue weighted by molar-refractivity contribution is 1.10. The molecule has 0 atom stereocenters. The maximum atomic E-state index is 6.09. The van der Waals surface area contributed by atoms with Gasteiger partial charge in [-0.25, -0.2) is 0 Å². The number of H-pyrrole nitrogens is 1. The van der Waals surface area contributed by atoms with Crippen LogP contribution in [0.1, 0.15) is 5.56 Å². The first kappa shape index (κ1) is 14.2. The molecule has 0 aliphatic heterocycles. The van der Waals surface area contributed by atoms with Crippen LogP contribution in [0.5, 0.6) is 0 Å². The lowest BCUT2D eigenvalue weighted by atomic mass is 9.98. The molecule has 0 fully saturated rings. The minimum absolute atomic E-state index is 0.467. The van der Waals surface area contributed by atoms with Crippen molar-refractivity contribution in [3.8, 4) is 22.4 Å². The van der Waals surface area contributed by atoms with Crippen LogP contribution in [0.3, 0.4) is 0 Å². The highest BCUT2D eigenvalue weighted by Crippen LogP contribution is 2.37. The molecule has 0 saturated carbocycles. The molecule has 21 heavy (non-hydrogen) atoms. The van der Waals surface area contributed by atoms with Crippen LogP contribution < -0.4 is 5.73 Å². The van der Waals surface area contributed by atoms with Crippen molar-refractivity contribution >= 4 is 33.3 Å². The number of nitrogens with zero attached hydrogens (tertiary/aromatic N) is 1. The third-order valence-electron chi connectivity index (χ3n) is 3.37. The molecule has 5 heteroatoms. The van der Waals surface area contributed by atoms with Crippen molar-refractivity contribution in [1.29, 1.82) is 0 Å². The SMILES string of the molecule is Cc1cc(Br)ccc1-c1[nH]nc(N)c1-c1cccc(Cl)c1. The standard InChI is InChI=1S/C16H13BrClN3/c1-9-7-11(17)5-6-13(9)15-14(16(19)21-20-15)10-3-2-4-12(18)8-10/h2-8H,1H3,(H3,19,20,21). The minimum atomic E-state index is 0.467. The molecule has 0 aliphatic rings. The predicted molar refractivity (Wildman–Crippen MR) is 91.3 cm³/mol. The average molecular weight is 363 g/mol. The van der Waals surface area contributed by atoms with Gasteiger partial charge in [0.1, 0.15) is 0 Å². The summed E-state index contributed by atoms with van der Waals surface area (Å²) in [5, 5.41) is 7.87. The van der Waals surface area contributed by atoms with Crippen molar-refractivity contribution in [2.24, 2.45) is 0 Å². The number of nitrogen functional groups attached to an aromatic ring is 1. The second kappa shape index (κ2) is 5.54. The number of nitrogens with one attached hydrogen (secondary N) is 1. The van der Waals surface area contributed by atoms with Crippen molar-refractivity contribution < 1.29 is 0 Å². The van der Waals surface area contributed by atoms with Gasteiger partial charge in [0.25, 0.3) is 0 Å². The number of aromatic amines is 1. The normalized spacial score (nSPS) is 10.8. The number of halogens is 2. The van der Waals surface area contributed by atoms with Crippen molar-refractivity contribution in [2.45, 2.75) is 6.92 Å². The molecule has 0 unspecified atom stereocenters. The van der Waals surface area contributed by atoms with E-state index in [0.717, 1.165) is 32.4 Å². The van der Waals surface area contributed by atoms with Crippen molar-refractivity contribution in [3.05, 3.63) is 57.5 Å². The number of hydrogen-bond donors (Lipinski definition) is 2. The summed E-state index contributed by atoms with van der Waals surface area (Å²) in [6.45, 7) is 2.05. The van der Waals surface area contributed by atoms with E-state index < -0.39 is 0 Å². The largest absolute Gasteiger partial charge is 0.382 e. The fraction of sp³-hybridized carbons (Fsp3) is 0.0625. The molecule has 3 N–H and O–H groups in total. The molecule has 1 heterocycles. The van der Waals surface area contributed by atoms with Gasteiger partial charge in [0, 0.05) is 15.1 Å². The van der Waals surface area contributed by atoms with E-state index in [9.17, 15) is 0 Å². The van der Waals surface area contributed by atoms with Gasteiger partial charge in [0.05, 0.1) is 11.3 Å². The molecule has 0 bridgehead atoms. The van der Waals surface area contributed by atoms with Gasteiger partial charge in [-0.2, -0.15) is 5.10 Å². The number of nitrogens with two attached hydrogens (primary N) is 1. The Hall–Kier alpha value is -1.78. The molecule has 0 spiro atoms. The van der Waals surface area contributed by atoms with Gasteiger partial charge in [0.15, 0.2) is 5.82 Å². The quantitative estimate of drug-likeness (QED) is 0.670. The Labute approximate surface area is 136 Å². The number of aryl methyl sites for hydroxylation is 1. The minimum Gasteiger partial charge on any atom is -0.382 e. The molecule has 106 valence electrons. The first-order valence-corrected chi connectivity index (χ1v) is 7.59. The summed E-state index contributed by atoms with van der Waals surface area (Å²) in [5.41, 5.74) is 11.0. The highest BCUT2D eigenvalue weighted by molar-refractivity contribution is 9.10. The zero-order valence-corrected chi connectivity index (χ0v) is 13.7. The Balaban J connectivity index is 2.22. The van der Waals surface area contributed by atoms with Gasteiger partial charge in [-0.05, 0) is 42.3 Å².